The first-order valence-corrected chi connectivity index (χ1v) is 15.7. The van der Waals surface area contributed by atoms with Crippen molar-refractivity contribution in [3.05, 3.63) is 87.7 Å². The van der Waals surface area contributed by atoms with Gasteiger partial charge in [0.2, 0.25) is 34.8 Å². The van der Waals surface area contributed by atoms with E-state index in [9.17, 15) is 48.3 Å². The van der Waals surface area contributed by atoms with E-state index in [1.807, 2.05) is 0 Å². The number of nitrogens with zero attached hydrogens (tertiary/aromatic N) is 2. The molecule has 1 aliphatic heterocycles. The van der Waals surface area contributed by atoms with E-state index in [1.165, 1.54) is 17.0 Å². The molecule has 0 N–H and O–H groups in total. The molecule has 254 valence electrons. The zero-order valence-electron chi connectivity index (χ0n) is 25.2. The molecule has 1 unspecified atom stereocenters. The van der Waals surface area contributed by atoms with Crippen LogP contribution in [-0.4, -0.2) is 51.2 Å². The van der Waals surface area contributed by atoms with Crippen LogP contribution in [0.4, 0.5) is 45.6 Å². The summed E-state index contributed by atoms with van der Waals surface area (Å²) in [7, 11) is -5.09. The van der Waals surface area contributed by atoms with E-state index in [0.29, 0.717) is 23.1 Å². The quantitative estimate of drug-likeness (QED) is 0.121. The van der Waals surface area contributed by atoms with Crippen molar-refractivity contribution in [3.63, 3.8) is 0 Å². The SMILES string of the molecule is CC(C)(C)OC(=O)N1CCN(c2cc(C(F)(F)F)ccc2C2CCc3cc(S(=O)(=O)Oc4c(F)c(F)c(F)c(F)c4F)ccc32)CC1. The van der Waals surface area contributed by atoms with E-state index < -0.39 is 79.2 Å². The zero-order valence-corrected chi connectivity index (χ0v) is 26.0. The largest absolute Gasteiger partial charge is 0.444 e. The van der Waals surface area contributed by atoms with Gasteiger partial charge in [0, 0.05) is 37.8 Å². The lowest BCUT2D eigenvalue weighted by molar-refractivity contribution is -0.137. The average molecular weight is 693 g/mol. The number of anilines is 1. The monoisotopic (exact) mass is 692 g/mol. The number of aryl methyl sites for hydroxylation is 1. The molecule has 0 bridgehead atoms. The van der Waals surface area contributed by atoms with Gasteiger partial charge in [-0.15, -0.1) is 0 Å². The summed E-state index contributed by atoms with van der Waals surface area (Å²) in [6.45, 7) is 5.95. The summed E-state index contributed by atoms with van der Waals surface area (Å²) in [5.41, 5.74) is 0.192. The third-order valence-electron chi connectivity index (χ3n) is 7.85. The number of hydrogen-bond donors (Lipinski definition) is 0. The third kappa shape index (κ3) is 6.83. The van der Waals surface area contributed by atoms with Crippen LogP contribution in [0.3, 0.4) is 0 Å². The van der Waals surface area contributed by atoms with Gasteiger partial charge in [-0.05, 0) is 74.6 Å². The Kier molecular flexibility index (Phi) is 8.88. The number of piperazine rings is 1. The second-order valence-electron chi connectivity index (χ2n) is 12.1. The van der Waals surface area contributed by atoms with Gasteiger partial charge in [0.15, 0.2) is 0 Å². The van der Waals surface area contributed by atoms with Crippen molar-refractivity contribution >= 4 is 21.9 Å². The van der Waals surface area contributed by atoms with E-state index in [4.69, 9.17) is 4.74 Å². The summed E-state index contributed by atoms with van der Waals surface area (Å²) in [6, 6.07) is 6.85. The molecule has 47 heavy (non-hydrogen) atoms. The van der Waals surface area contributed by atoms with Gasteiger partial charge < -0.3 is 18.7 Å². The molecule has 3 aromatic carbocycles. The van der Waals surface area contributed by atoms with Crippen LogP contribution in [0.5, 0.6) is 5.75 Å². The standard InChI is InChI=1S/C31H28F8N2O5S/c1-30(2,3)45-29(42)41-12-10-40(11-13-41)22-15-17(31(37,38)39)5-8-21(22)20-7-4-16-14-18(6-9-19(16)20)47(43,44)46-28-26(35)24(33)23(32)25(34)27(28)36/h5-6,8-9,14-15,20H,4,7,10-13H2,1-3H3. The summed E-state index contributed by atoms with van der Waals surface area (Å²) in [4.78, 5) is 15.1. The molecular formula is C31H28F8N2O5S. The number of hydrogen-bond acceptors (Lipinski definition) is 6. The van der Waals surface area contributed by atoms with Crippen molar-refractivity contribution in [1.82, 2.24) is 4.90 Å². The molecule has 1 heterocycles. The lowest BCUT2D eigenvalue weighted by Gasteiger charge is -2.38. The van der Waals surface area contributed by atoms with Crippen molar-refractivity contribution in [3.8, 4) is 5.75 Å². The Hall–Kier alpha value is -4.08. The van der Waals surface area contributed by atoms with Gasteiger partial charge in [0.25, 0.3) is 0 Å². The number of fused-ring (bicyclic) bond motifs is 1. The molecule has 1 atom stereocenters. The van der Waals surface area contributed by atoms with Gasteiger partial charge >= 0.3 is 22.4 Å². The number of alkyl halides is 3. The Morgan fingerprint density at radius 2 is 1.38 bits per heavy atom. The normalized spacial score (nSPS) is 17.1. The Morgan fingerprint density at radius 1 is 0.809 bits per heavy atom. The second-order valence-corrected chi connectivity index (χ2v) is 13.7. The number of rotatable bonds is 5. The van der Waals surface area contributed by atoms with Gasteiger partial charge in [0.05, 0.1) is 5.56 Å². The predicted molar refractivity (Wildman–Crippen MR) is 152 cm³/mol. The molecule has 0 radical (unpaired) electrons. The average Bonchev–Trinajstić information content (AvgIpc) is 3.43. The van der Waals surface area contributed by atoms with E-state index >= 15 is 0 Å². The summed E-state index contributed by atoms with van der Waals surface area (Å²) >= 11 is 0. The first kappa shape index (κ1) is 34.3. The zero-order chi connectivity index (χ0) is 34.6. The van der Waals surface area contributed by atoms with E-state index in [2.05, 4.69) is 4.18 Å². The highest BCUT2D eigenvalue weighted by atomic mass is 32.2. The molecule has 1 saturated heterocycles. The van der Waals surface area contributed by atoms with Crippen molar-refractivity contribution in [1.29, 1.82) is 0 Å². The van der Waals surface area contributed by atoms with Crippen LogP contribution in [0.25, 0.3) is 0 Å². The maximum absolute atomic E-state index is 14.1. The van der Waals surface area contributed by atoms with E-state index in [-0.39, 0.29) is 38.3 Å². The highest BCUT2D eigenvalue weighted by Crippen LogP contribution is 2.45. The Balaban J connectivity index is 1.44. The maximum atomic E-state index is 14.1. The molecule has 5 rings (SSSR count). The lowest BCUT2D eigenvalue weighted by atomic mass is 9.90. The van der Waals surface area contributed by atoms with Gasteiger partial charge in [-0.25, -0.2) is 18.0 Å². The first-order chi connectivity index (χ1) is 21.8. The van der Waals surface area contributed by atoms with Crippen molar-refractivity contribution < 1.29 is 57.3 Å². The number of ether oxygens (including phenoxy) is 1. The van der Waals surface area contributed by atoms with Crippen molar-refractivity contribution in [2.45, 2.75) is 56.2 Å². The van der Waals surface area contributed by atoms with Crippen LogP contribution >= 0.6 is 0 Å². The van der Waals surface area contributed by atoms with Crippen LogP contribution < -0.4 is 9.08 Å². The molecule has 0 spiro atoms. The van der Waals surface area contributed by atoms with Gasteiger partial charge in [-0.2, -0.15) is 30.4 Å². The minimum Gasteiger partial charge on any atom is -0.444 e. The number of amides is 1. The Bertz CT molecular complexity index is 1810. The highest BCUT2D eigenvalue weighted by Gasteiger charge is 2.36. The highest BCUT2D eigenvalue weighted by molar-refractivity contribution is 7.87. The fourth-order valence-corrected chi connectivity index (χ4v) is 6.62. The Morgan fingerprint density at radius 3 is 1.96 bits per heavy atom. The molecule has 1 amide bonds. The fourth-order valence-electron chi connectivity index (χ4n) is 5.63. The molecule has 1 aliphatic carbocycles. The second kappa shape index (κ2) is 12.2. The van der Waals surface area contributed by atoms with E-state index in [0.717, 1.165) is 24.3 Å². The molecule has 0 aromatic heterocycles. The Labute approximate surface area is 264 Å². The smallest absolute Gasteiger partial charge is 0.416 e. The maximum Gasteiger partial charge on any atom is 0.416 e. The van der Waals surface area contributed by atoms with Gasteiger partial charge in [-0.3, -0.25) is 0 Å². The number of benzene rings is 3. The molecule has 1 fully saturated rings. The third-order valence-corrected chi connectivity index (χ3v) is 9.07. The molecule has 16 heteroatoms. The summed E-state index contributed by atoms with van der Waals surface area (Å²) in [5.74, 6) is -14.7. The summed E-state index contributed by atoms with van der Waals surface area (Å²) < 4.78 is 146. The van der Waals surface area contributed by atoms with Crippen LogP contribution in [0.2, 0.25) is 0 Å². The predicted octanol–water partition coefficient (Wildman–Crippen LogP) is 7.30. The number of carbonyl (C=O) groups is 1. The van der Waals surface area contributed by atoms with E-state index in [1.54, 1.807) is 25.7 Å². The van der Waals surface area contributed by atoms with Crippen molar-refractivity contribution in [2.75, 3.05) is 31.1 Å². The van der Waals surface area contributed by atoms with Gasteiger partial charge in [0.1, 0.15) is 10.5 Å². The lowest BCUT2D eigenvalue weighted by Crippen LogP contribution is -2.50. The fraction of sp³-hybridized carbons (Fsp3) is 0.387. The van der Waals surface area contributed by atoms with Gasteiger partial charge in [-0.1, -0.05) is 12.1 Å². The first-order valence-electron chi connectivity index (χ1n) is 14.3. The summed E-state index contributed by atoms with van der Waals surface area (Å²) in [6.07, 6.45) is -4.58. The van der Waals surface area contributed by atoms with Crippen LogP contribution in [0, 0.1) is 29.1 Å². The topological polar surface area (TPSA) is 76.2 Å². The minimum absolute atomic E-state index is 0.191. The molecule has 0 saturated carbocycles. The summed E-state index contributed by atoms with van der Waals surface area (Å²) in [5, 5.41) is 0. The van der Waals surface area contributed by atoms with Crippen LogP contribution in [-0.2, 0) is 27.5 Å². The van der Waals surface area contributed by atoms with Crippen molar-refractivity contribution in [2.24, 2.45) is 0 Å². The number of halogens is 8. The number of carbonyl (C=O) groups excluding carboxylic acids is 1. The molecule has 3 aromatic rings. The molecule has 2 aliphatic rings. The minimum atomic E-state index is -5.09. The van der Waals surface area contributed by atoms with Crippen LogP contribution in [0.15, 0.2) is 41.3 Å². The van der Waals surface area contributed by atoms with Crippen LogP contribution in [0.1, 0.15) is 55.4 Å². The molecule has 7 nitrogen and oxygen atoms in total. The molecular weight excluding hydrogens is 664 g/mol.